The smallest absolute Gasteiger partial charge is 0.133 e. The van der Waals surface area contributed by atoms with Gasteiger partial charge in [-0.25, -0.2) is 4.98 Å². The molecule has 0 amide bonds. The Balaban J connectivity index is 2.25. The molecule has 0 aliphatic heterocycles. The SMILES string of the molecule is C#C/C=C(\C=C/C)C(CN(C)C(C)C=C)N(C)CC(=C)NC(/C=C\C)=C/C1=CCC(CC)(c2cccnc2NC=C)C1. The van der Waals surface area contributed by atoms with E-state index in [2.05, 4.69) is 115 Å². The predicted molar refractivity (Wildman–Crippen MR) is 183 cm³/mol. The second kappa shape index (κ2) is 17.2. The van der Waals surface area contributed by atoms with Crippen LogP contribution in [0.25, 0.3) is 0 Å². The minimum atomic E-state index is -0.00190. The van der Waals surface area contributed by atoms with E-state index in [1.807, 2.05) is 44.3 Å². The van der Waals surface area contributed by atoms with Gasteiger partial charge in [-0.05, 0) is 95.8 Å². The van der Waals surface area contributed by atoms with Gasteiger partial charge < -0.3 is 10.6 Å². The van der Waals surface area contributed by atoms with Crippen LogP contribution in [0.5, 0.6) is 0 Å². The molecule has 3 atom stereocenters. The van der Waals surface area contributed by atoms with Crippen LogP contribution in [0.3, 0.4) is 0 Å². The van der Waals surface area contributed by atoms with Crippen molar-refractivity contribution in [2.75, 3.05) is 32.5 Å². The third-order valence-electron chi connectivity index (χ3n) is 8.06. The topological polar surface area (TPSA) is 43.4 Å². The molecule has 0 fully saturated rings. The first-order chi connectivity index (χ1) is 20.2. The van der Waals surface area contributed by atoms with Crippen molar-refractivity contribution in [2.45, 2.75) is 64.5 Å². The maximum atomic E-state index is 5.71. The van der Waals surface area contributed by atoms with Crippen LogP contribution in [0.15, 0.2) is 115 Å². The lowest BCUT2D eigenvalue weighted by Crippen LogP contribution is -2.45. The average Bonchev–Trinajstić information content (AvgIpc) is 3.39. The van der Waals surface area contributed by atoms with Crippen molar-refractivity contribution >= 4 is 5.82 Å². The Morgan fingerprint density at radius 1 is 1.21 bits per heavy atom. The number of nitrogens with zero attached hydrogens (tertiary/aromatic N) is 3. The van der Waals surface area contributed by atoms with Crippen LogP contribution in [0, 0.1) is 12.3 Å². The molecule has 0 saturated heterocycles. The molecule has 0 radical (unpaired) electrons. The first kappa shape index (κ1) is 34.4. The first-order valence-electron chi connectivity index (χ1n) is 14.8. The van der Waals surface area contributed by atoms with E-state index >= 15 is 0 Å². The number of terminal acetylenes is 1. The minimum absolute atomic E-state index is 0.00190. The van der Waals surface area contributed by atoms with Gasteiger partial charge in [0, 0.05) is 53.7 Å². The van der Waals surface area contributed by atoms with Crippen LogP contribution < -0.4 is 10.6 Å². The lowest BCUT2D eigenvalue weighted by Gasteiger charge is -2.34. The molecule has 0 spiro atoms. The quantitative estimate of drug-likeness (QED) is 0.116. The Labute approximate surface area is 255 Å². The van der Waals surface area contributed by atoms with Gasteiger partial charge in [0.05, 0.1) is 0 Å². The number of anilines is 1. The molecule has 224 valence electrons. The van der Waals surface area contributed by atoms with Gasteiger partial charge in [-0.15, -0.1) is 13.0 Å². The summed E-state index contributed by atoms with van der Waals surface area (Å²) in [7, 11) is 4.23. The molecule has 1 aromatic rings. The van der Waals surface area contributed by atoms with Crippen LogP contribution >= 0.6 is 0 Å². The van der Waals surface area contributed by atoms with Gasteiger partial charge in [0.1, 0.15) is 5.82 Å². The zero-order valence-corrected chi connectivity index (χ0v) is 26.7. The van der Waals surface area contributed by atoms with Crippen LogP contribution in [0.4, 0.5) is 5.82 Å². The minimum Gasteiger partial charge on any atom is -0.358 e. The highest BCUT2D eigenvalue weighted by atomic mass is 15.2. The fraction of sp³-hybridized carbons (Fsp3) is 0.378. The Bertz CT molecular complexity index is 1270. The van der Waals surface area contributed by atoms with Crippen LogP contribution in [0.1, 0.15) is 52.5 Å². The maximum Gasteiger partial charge on any atom is 0.133 e. The highest BCUT2D eigenvalue weighted by molar-refractivity contribution is 5.53. The van der Waals surface area contributed by atoms with Gasteiger partial charge in [0.2, 0.25) is 0 Å². The summed E-state index contributed by atoms with van der Waals surface area (Å²) in [6, 6.07) is 4.53. The number of pyridine rings is 1. The number of allylic oxidation sites excluding steroid dienone is 7. The second-order valence-corrected chi connectivity index (χ2v) is 11.0. The van der Waals surface area contributed by atoms with E-state index in [0.29, 0.717) is 6.54 Å². The van der Waals surface area contributed by atoms with E-state index in [-0.39, 0.29) is 17.5 Å². The van der Waals surface area contributed by atoms with Gasteiger partial charge in [0.25, 0.3) is 0 Å². The van der Waals surface area contributed by atoms with Gasteiger partial charge in [-0.1, -0.05) is 62.4 Å². The second-order valence-electron chi connectivity index (χ2n) is 11.0. The molecule has 0 aromatic carbocycles. The Morgan fingerprint density at radius 3 is 2.57 bits per heavy atom. The monoisotopic (exact) mass is 565 g/mol. The standard InChI is InChI=1S/C37H51N5/c1-11-18-32(19-12-2)35(28-41(9)30(8)14-4)42(10)27-29(7)40-33(20-13-3)25-31-22-23-37(15-5,26-31)34-21-17-24-39-36(34)38-16-6/h1,12-14,16-22,24-25,30,35,40H,4,6-7,15,23,26-28H2,2-3,5,8-10H3,(H,38,39)/b19-12-,20-13-,32-18+,33-25+. The third-order valence-corrected chi connectivity index (χ3v) is 8.06. The highest BCUT2D eigenvalue weighted by Crippen LogP contribution is 2.46. The molecule has 1 aliphatic rings. The average molecular weight is 566 g/mol. The zero-order chi connectivity index (χ0) is 31.1. The molecule has 1 heterocycles. The van der Waals surface area contributed by atoms with E-state index in [1.165, 1.54) is 11.1 Å². The molecule has 0 bridgehead atoms. The molecular formula is C37H51N5. The fourth-order valence-corrected chi connectivity index (χ4v) is 5.50. The fourth-order valence-electron chi connectivity index (χ4n) is 5.50. The van der Waals surface area contributed by atoms with Crippen molar-refractivity contribution < 1.29 is 0 Å². The molecule has 2 N–H and O–H groups in total. The summed E-state index contributed by atoms with van der Waals surface area (Å²) in [4.78, 5) is 9.17. The zero-order valence-electron chi connectivity index (χ0n) is 26.7. The molecule has 0 saturated carbocycles. The van der Waals surface area contributed by atoms with Gasteiger partial charge >= 0.3 is 0 Å². The van der Waals surface area contributed by atoms with Crippen molar-refractivity contribution in [1.82, 2.24) is 20.1 Å². The molecule has 2 rings (SSSR count). The number of hydrogen-bond donors (Lipinski definition) is 2. The van der Waals surface area contributed by atoms with Gasteiger partial charge in [-0.3, -0.25) is 9.80 Å². The molecule has 5 heteroatoms. The molecular weight excluding hydrogens is 514 g/mol. The Morgan fingerprint density at radius 2 is 1.95 bits per heavy atom. The van der Waals surface area contributed by atoms with E-state index in [4.69, 9.17) is 6.42 Å². The van der Waals surface area contributed by atoms with Crippen molar-refractivity contribution in [3.05, 3.63) is 121 Å². The van der Waals surface area contributed by atoms with Crippen LogP contribution in [-0.2, 0) is 5.41 Å². The van der Waals surface area contributed by atoms with Crippen molar-refractivity contribution in [3.8, 4) is 12.3 Å². The van der Waals surface area contributed by atoms with Crippen molar-refractivity contribution in [2.24, 2.45) is 0 Å². The maximum absolute atomic E-state index is 5.71. The number of nitrogens with one attached hydrogen (secondary N) is 2. The third kappa shape index (κ3) is 9.34. The lowest BCUT2D eigenvalue weighted by molar-refractivity contribution is 0.200. The van der Waals surface area contributed by atoms with E-state index in [0.717, 1.165) is 48.6 Å². The summed E-state index contributed by atoms with van der Waals surface area (Å²) in [5.74, 6) is 3.61. The largest absolute Gasteiger partial charge is 0.358 e. The summed E-state index contributed by atoms with van der Waals surface area (Å²) < 4.78 is 0. The highest BCUT2D eigenvalue weighted by Gasteiger charge is 2.36. The molecule has 42 heavy (non-hydrogen) atoms. The molecule has 1 aliphatic carbocycles. The molecule has 1 aromatic heterocycles. The Kier molecular flexibility index (Phi) is 14.1. The summed E-state index contributed by atoms with van der Waals surface area (Å²) in [6.45, 7) is 22.1. The molecule has 3 unspecified atom stereocenters. The normalized spacial score (nSPS) is 19.2. The molecule has 5 nitrogen and oxygen atoms in total. The number of hydrogen-bond acceptors (Lipinski definition) is 5. The number of aromatic nitrogens is 1. The van der Waals surface area contributed by atoms with E-state index in [9.17, 15) is 0 Å². The van der Waals surface area contributed by atoms with Gasteiger partial charge in [-0.2, -0.15) is 0 Å². The van der Waals surface area contributed by atoms with Crippen molar-refractivity contribution in [3.63, 3.8) is 0 Å². The summed E-state index contributed by atoms with van der Waals surface area (Å²) in [5, 5.41) is 6.82. The van der Waals surface area contributed by atoms with Crippen LogP contribution in [-0.4, -0.2) is 54.1 Å². The van der Waals surface area contributed by atoms with E-state index in [1.54, 1.807) is 6.20 Å². The Hall–Kier alpha value is -3.85. The number of likely N-dealkylation sites (N-methyl/N-ethyl adjacent to an activating group) is 2. The van der Waals surface area contributed by atoms with E-state index < -0.39 is 0 Å². The lowest BCUT2D eigenvalue weighted by atomic mass is 9.75. The predicted octanol–water partition coefficient (Wildman–Crippen LogP) is 7.51. The first-order valence-corrected chi connectivity index (χ1v) is 14.8. The van der Waals surface area contributed by atoms with Gasteiger partial charge in [0.15, 0.2) is 0 Å². The van der Waals surface area contributed by atoms with Crippen molar-refractivity contribution in [1.29, 1.82) is 0 Å². The summed E-state index contributed by atoms with van der Waals surface area (Å²) in [5.41, 5.74) is 5.56. The number of rotatable bonds is 17. The summed E-state index contributed by atoms with van der Waals surface area (Å²) >= 11 is 0. The summed E-state index contributed by atoms with van der Waals surface area (Å²) in [6.07, 6.45) is 28.9. The van der Waals surface area contributed by atoms with Crippen LogP contribution in [0.2, 0.25) is 0 Å².